The Balaban J connectivity index is 0.00000242. The molecule has 2 N–H and O–H groups in total. The third-order valence-corrected chi connectivity index (χ3v) is 4.35. The molecule has 1 aromatic rings. The first-order valence-electron chi connectivity index (χ1n) is 7.53. The van der Waals surface area contributed by atoms with Gasteiger partial charge in [-0.2, -0.15) is 11.3 Å². The van der Waals surface area contributed by atoms with Crippen LogP contribution in [0.2, 0.25) is 0 Å². The molecule has 1 aliphatic rings. The highest BCUT2D eigenvalue weighted by Gasteiger charge is 2.25. The van der Waals surface area contributed by atoms with Gasteiger partial charge in [-0.1, -0.05) is 6.92 Å². The fourth-order valence-electron chi connectivity index (χ4n) is 2.58. The average molecular weight is 346 g/mol. The van der Waals surface area contributed by atoms with Crippen LogP contribution in [0.15, 0.2) is 16.8 Å². The summed E-state index contributed by atoms with van der Waals surface area (Å²) in [6.07, 6.45) is 2.35. The molecule has 124 valence electrons. The number of hydrogen-bond acceptors (Lipinski definition) is 4. The smallest absolute Gasteiger partial charge is 0.252 e. The lowest BCUT2D eigenvalue weighted by Crippen LogP contribution is -2.43. The first-order chi connectivity index (χ1) is 10.2. The molecule has 22 heavy (non-hydrogen) atoms. The predicted molar refractivity (Wildman–Crippen MR) is 91.8 cm³/mol. The maximum Gasteiger partial charge on any atom is 0.252 e. The molecule has 1 unspecified atom stereocenters. The van der Waals surface area contributed by atoms with Gasteiger partial charge in [0.25, 0.3) is 5.91 Å². The van der Waals surface area contributed by atoms with Crippen LogP contribution in [-0.4, -0.2) is 48.9 Å². The van der Waals surface area contributed by atoms with Crippen LogP contribution in [-0.2, 0) is 4.79 Å². The van der Waals surface area contributed by atoms with E-state index in [1.165, 1.54) is 11.3 Å². The van der Waals surface area contributed by atoms with E-state index >= 15 is 0 Å². The highest BCUT2D eigenvalue weighted by molar-refractivity contribution is 7.08. The highest BCUT2D eigenvalue weighted by Crippen LogP contribution is 2.11. The molecule has 2 heterocycles. The molecule has 1 atom stereocenters. The van der Waals surface area contributed by atoms with Gasteiger partial charge in [0.1, 0.15) is 0 Å². The Morgan fingerprint density at radius 2 is 2.32 bits per heavy atom. The second-order valence-electron chi connectivity index (χ2n) is 5.25. The van der Waals surface area contributed by atoms with Gasteiger partial charge in [0.05, 0.1) is 0 Å². The predicted octanol–water partition coefficient (Wildman–Crippen LogP) is 1.89. The van der Waals surface area contributed by atoms with Gasteiger partial charge in [0.15, 0.2) is 0 Å². The summed E-state index contributed by atoms with van der Waals surface area (Å²) in [5, 5.41) is 9.79. The lowest BCUT2D eigenvalue weighted by Gasteiger charge is -2.28. The molecule has 1 aliphatic heterocycles. The quantitative estimate of drug-likeness (QED) is 0.793. The lowest BCUT2D eigenvalue weighted by molar-refractivity contribution is -0.133. The second-order valence-corrected chi connectivity index (χ2v) is 6.03. The molecule has 1 aromatic heterocycles. The molecule has 0 aromatic carbocycles. The number of nitrogens with one attached hydrogen (secondary N) is 2. The van der Waals surface area contributed by atoms with Gasteiger partial charge in [-0.3, -0.25) is 9.59 Å². The van der Waals surface area contributed by atoms with Crippen molar-refractivity contribution in [2.24, 2.45) is 0 Å². The number of hydrogen-bond donors (Lipinski definition) is 2. The molecule has 5 nitrogen and oxygen atoms in total. The highest BCUT2D eigenvalue weighted by atomic mass is 35.5. The summed E-state index contributed by atoms with van der Waals surface area (Å²) in [5.41, 5.74) is 0.665. The Morgan fingerprint density at radius 3 is 2.91 bits per heavy atom. The number of carbonyl (C=O) groups excluding carboxylic acids is 2. The SMILES string of the molecule is CCCN(C(=O)CCNC(=O)c1ccsc1)C1CCNC1.Cl. The normalized spacial score (nSPS) is 16.9. The summed E-state index contributed by atoms with van der Waals surface area (Å²) in [5.74, 6) is 0.0322. The van der Waals surface area contributed by atoms with Crippen LogP contribution < -0.4 is 10.6 Å². The zero-order valence-corrected chi connectivity index (χ0v) is 14.5. The fourth-order valence-corrected chi connectivity index (χ4v) is 3.22. The number of amides is 2. The molecule has 7 heteroatoms. The molecule has 2 rings (SSSR count). The number of nitrogens with zero attached hydrogens (tertiary/aromatic N) is 1. The number of halogens is 1. The van der Waals surface area contributed by atoms with E-state index in [0.717, 1.165) is 32.5 Å². The third-order valence-electron chi connectivity index (χ3n) is 3.67. The molecule has 0 spiro atoms. The Kier molecular flexibility index (Phi) is 8.45. The molecule has 0 bridgehead atoms. The standard InChI is InChI=1S/C15H23N3O2S.ClH/c1-2-8-18(13-3-6-16-10-13)14(19)4-7-17-15(20)12-5-9-21-11-12;/h5,9,11,13,16H,2-4,6-8,10H2,1H3,(H,17,20);1H. The van der Waals surface area contributed by atoms with Gasteiger partial charge in [0.2, 0.25) is 5.91 Å². The van der Waals surface area contributed by atoms with Crippen molar-refractivity contribution in [2.45, 2.75) is 32.2 Å². The summed E-state index contributed by atoms with van der Waals surface area (Å²) in [6, 6.07) is 2.10. The summed E-state index contributed by atoms with van der Waals surface area (Å²) >= 11 is 1.49. The van der Waals surface area contributed by atoms with E-state index in [2.05, 4.69) is 17.6 Å². The van der Waals surface area contributed by atoms with Crippen LogP contribution in [0.3, 0.4) is 0 Å². The molecule has 2 amide bonds. The second kappa shape index (κ2) is 9.82. The molecular formula is C15H24ClN3O2S. The van der Waals surface area contributed by atoms with Crippen molar-refractivity contribution in [3.63, 3.8) is 0 Å². The van der Waals surface area contributed by atoms with Crippen molar-refractivity contribution < 1.29 is 9.59 Å². The fraction of sp³-hybridized carbons (Fsp3) is 0.600. The third kappa shape index (κ3) is 5.26. The van der Waals surface area contributed by atoms with Gasteiger partial charge in [0, 0.05) is 43.0 Å². The van der Waals surface area contributed by atoms with Gasteiger partial charge in [-0.25, -0.2) is 0 Å². The molecule has 1 saturated heterocycles. The van der Waals surface area contributed by atoms with Crippen molar-refractivity contribution in [3.8, 4) is 0 Å². The average Bonchev–Trinajstić information content (AvgIpc) is 3.17. The van der Waals surface area contributed by atoms with E-state index in [0.29, 0.717) is 24.6 Å². The topological polar surface area (TPSA) is 61.4 Å². The molecule has 0 saturated carbocycles. The van der Waals surface area contributed by atoms with Gasteiger partial charge in [-0.15, -0.1) is 12.4 Å². The van der Waals surface area contributed by atoms with Crippen molar-refractivity contribution in [1.29, 1.82) is 0 Å². The molecule has 1 fully saturated rings. The van der Waals surface area contributed by atoms with Crippen molar-refractivity contribution >= 4 is 35.6 Å². The summed E-state index contributed by atoms with van der Waals surface area (Å²) in [6.45, 7) is 5.14. The Labute approximate surface area is 141 Å². The minimum atomic E-state index is -0.103. The maximum atomic E-state index is 12.3. The van der Waals surface area contributed by atoms with E-state index in [1.807, 2.05) is 15.7 Å². The zero-order valence-electron chi connectivity index (χ0n) is 12.8. The monoisotopic (exact) mass is 345 g/mol. The minimum absolute atomic E-state index is 0. The van der Waals surface area contributed by atoms with E-state index in [4.69, 9.17) is 0 Å². The van der Waals surface area contributed by atoms with Crippen LogP contribution in [0.1, 0.15) is 36.5 Å². The van der Waals surface area contributed by atoms with Crippen LogP contribution in [0, 0.1) is 0 Å². The Bertz CT molecular complexity index is 461. The lowest BCUT2D eigenvalue weighted by atomic mass is 10.2. The van der Waals surface area contributed by atoms with Crippen LogP contribution in [0.25, 0.3) is 0 Å². The van der Waals surface area contributed by atoms with E-state index in [-0.39, 0.29) is 24.2 Å². The summed E-state index contributed by atoms with van der Waals surface area (Å²) < 4.78 is 0. The first kappa shape index (κ1) is 18.9. The van der Waals surface area contributed by atoms with Crippen LogP contribution in [0.5, 0.6) is 0 Å². The Hall–Kier alpha value is -1.11. The number of thiophene rings is 1. The molecule has 0 aliphatic carbocycles. The minimum Gasteiger partial charge on any atom is -0.351 e. The van der Waals surface area contributed by atoms with E-state index in [9.17, 15) is 9.59 Å². The van der Waals surface area contributed by atoms with Crippen LogP contribution in [0.4, 0.5) is 0 Å². The summed E-state index contributed by atoms with van der Waals surface area (Å²) in [4.78, 5) is 26.1. The van der Waals surface area contributed by atoms with Crippen molar-refractivity contribution in [3.05, 3.63) is 22.4 Å². The summed E-state index contributed by atoms with van der Waals surface area (Å²) in [7, 11) is 0. The van der Waals surface area contributed by atoms with Crippen molar-refractivity contribution in [2.75, 3.05) is 26.2 Å². The largest absolute Gasteiger partial charge is 0.351 e. The van der Waals surface area contributed by atoms with Gasteiger partial charge in [-0.05, 0) is 30.8 Å². The van der Waals surface area contributed by atoms with Crippen molar-refractivity contribution in [1.82, 2.24) is 15.5 Å². The van der Waals surface area contributed by atoms with Gasteiger partial charge >= 0.3 is 0 Å². The van der Waals surface area contributed by atoms with E-state index in [1.54, 1.807) is 6.07 Å². The van der Waals surface area contributed by atoms with Gasteiger partial charge < -0.3 is 15.5 Å². The maximum absolute atomic E-state index is 12.3. The number of rotatable bonds is 7. The zero-order chi connectivity index (χ0) is 15.1. The van der Waals surface area contributed by atoms with E-state index < -0.39 is 0 Å². The molecular weight excluding hydrogens is 322 g/mol. The Morgan fingerprint density at radius 1 is 1.50 bits per heavy atom. The van der Waals surface area contributed by atoms with Crippen LogP contribution >= 0.6 is 23.7 Å². The first-order valence-corrected chi connectivity index (χ1v) is 8.47. The molecule has 0 radical (unpaired) electrons. The number of carbonyl (C=O) groups is 2.